The van der Waals surface area contributed by atoms with Crippen LogP contribution in [-0.2, 0) is 6.42 Å². The van der Waals surface area contributed by atoms with Crippen LogP contribution in [0.3, 0.4) is 0 Å². The summed E-state index contributed by atoms with van der Waals surface area (Å²) in [5.41, 5.74) is 1.95. The van der Waals surface area contributed by atoms with Crippen LogP contribution in [0.4, 0.5) is 17.8 Å². The Labute approximate surface area is 162 Å². The van der Waals surface area contributed by atoms with Gasteiger partial charge in [-0.3, -0.25) is 5.32 Å². The van der Waals surface area contributed by atoms with Gasteiger partial charge in [-0.1, -0.05) is 6.92 Å². The van der Waals surface area contributed by atoms with E-state index in [0.29, 0.717) is 17.8 Å². The zero-order chi connectivity index (χ0) is 18.6. The van der Waals surface area contributed by atoms with Gasteiger partial charge in [-0.05, 0) is 24.6 Å². The third kappa shape index (κ3) is 4.20. The average Bonchev–Trinajstić information content (AvgIpc) is 3.23. The maximum Gasteiger partial charge on any atom is 0.234 e. The first-order valence-electron chi connectivity index (χ1n) is 9.02. The van der Waals surface area contributed by atoms with E-state index in [1.807, 2.05) is 24.4 Å². The Morgan fingerprint density at radius 1 is 1.04 bits per heavy atom. The number of rotatable bonds is 5. The molecule has 0 atom stereocenters. The SMILES string of the molecule is CCc1nc(Nc2nccc(-c3ccsc3)n2)nc(N2CCN(C)CC2)n1. The van der Waals surface area contributed by atoms with Crippen molar-refractivity contribution >= 4 is 29.2 Å². The molecule has 3 aromatic heterocycles. The molecule has 1 aliphatic heterocycles. The van der Waals surface area contributed by atoms with Gasteiger partial charge in [0.2, 0.25) is 17.8 Å². The Bertz CT molecular complexity index is 890. The van der Waals surface area contributed by atoms with Gasteiger partial charge in [-0.25, -0.2) is 9.97 Å². The largest absolute Gasteiger partial charge is 0.338 e. The predicted molar refractivity (Wildman–Crippen MR) is 108 cm³/mol. The van der Waals surface area contributed by atoms with Gasteiger partial charge in [0.15, 0.2) is 0 Å². The van der Waals surface area contributed by atoms with E-state index in [1.165, 1.54) is 0 Å². The molecule has 4 heterocycles. The van der Waals surface area contributed by atoms with Crippen LogP contribution in [0.25, 0.3) is 11.3 Å². The Kier molecular flexibility index (Phi) is 5.21. The summed E-state index contributed by atoms with van der Waals surface area (Å²) in [6, 6.07) is 3.94. The zero-order valence-corrected chi connectivity index (χ0v) is 16.3. The second kappa shape index (κ2) is 7.93. The second-order valence-corrected chi connectivity index (χ2v) is 7.20. The number of likely N-dealkylation sites (N-methyl/N-ethyl adjacent to an activating group) is 1. The van der Waals surface area contributed by atoms with Crippen molar-refractivity contribution in [2.75, 3.05) is 43.4 Å². The number of aromatic nitrogens is 5. The van der Waals surface area contributed by atoms with Crippen molar-refractivity contribution < 1.29 is 0 Å². The van der Waals surface area contributed by atoms with E-state index in [9.17, 15) is 0 Å². The number of hydrogen-bond donors (Lipinski definition) is 1. The molecule has 3 aromatic rings. The molecule has 1 fully saturated rings. The summed E-state index contributed by atoms with van der Waals surface area (Å²) in [4.78, 5) is 27.1. The van der Waals surface area contributed by atoms with Crippen LogP contribution < -0.4 is 10.2 Å². The van der Waals surface area contributed by atoms with Crippen LogP contribution in [0.5, 0.6) is 0 Å². The van der Waals surface area contributed by atoms with Gasteiger partial charge in [0.25, 0.3) is 0 Å². The van der Waals surface area contributed by atoms with Crippen molar-refractivity contribution in [2.24, 2.45) is 0 Å². The lowest BCUT2D eigenvalue weighted by molar-refractivity contribution is 0.311. The third-order valence-electron chi connectivity index (χ3n) is 4.47. The molecule has 1 aliphatic rings. The molecule has 9 heteroatoms. The first-order valence-corrected chi connectivity index (χ1v) is 9.96. The molecule has 1 N–H and O–H groups in total. The van der Waals surface area contributed by atoms with E-state index in [1.54, 1.807) is 17.5 Å². The topological polar surface area (TPSA) is 83.0 Å². The number of nitrogens with zero attached hydrogens (tertiary/aromatic N) is 7. The molecular weight excluding hydrogens is 360 g/mol. The summed E-state index contributed by atoms with van der Waals surface area (Å²) < 4.78 is 0. The van der Waals surface area contributed by atoms with Crippen LogP contribution in [0.1, 0.15) is 12.7 Å². The first-order chi connectivity index (χ1) is 13.2. The molecule has 0 spiro atoms. The minimum atomic E-state index is 0.483. The number of anilines is 3. The van der Waals surface area contributed by atoms with E-state index in [-0.39, 0.29) is 0 Å². The van der Waals surface area contributed by atoms with Crippen LogP contribution >= 0.6 is 11.3 Å². The Morgan fingerprint density at radius 3 is 2.63 bits per heavy atom. The lowest BCUT2D eigenvalue weighted by Crippen LogP contribution is -2.45. The average molecular weight is 382 g/mol. The smallest absolute Gasteiger partial charge is 0.234 e. The predicted octanol–water partition coefficient (Wildman–Crippen LogP) is 2.45. The molecule has 27 heavy (non-hydrogen) atoms. The lowest BCUT2D eigenvalue weighted by Gasteiger charge is -2.32. The minimum absolute atomic E-state index is 0.483. The number of nitrogens with one attached hydrogen (secondary N) is 1. The van der Waals surface area contributed by atoms with Crippen LogP contribution in [0.15, 0.2) is 29.1 Å². The summed E-state index contributed by atoms with van der Waals surface area (Å²) in [5, 5.41) is 7.25. The van der Waals surface area contributed by atoms with Crippen molar-refractivity contribution in [3.05, 3.63) is 34.9 Å². The fourth-order valence-electron chi connectivity index (χ4n) is 2.86. The first kappa shape index (κ1) is 17.7. The third-order valence-corrected chi connectivity index (χ3v) is 5.15. The summed E-state index contributed by atoms with van der Waals surface area (Å²) in [5.74, 6) is 2.44. The molecule has 1 saturated heterocycles. The van der Waals surface area contributed by atoms with E-state index in [2.05, 4.69) is 52.5 Å². The Hall–Kier alpha value is -2.65. The molecule has 140 valence electrons. The van der Waals surface area contributed by atoms with E-state index in [4.69, 9.17) is 0 Å². The molecule has 4 rings (SSSR count). The van der Waals surface area contributed by atoms with Gasteiger partial charge >= 0.3 is 0 Å². The van der Waals surface area contributed by atoms with Gasteiger partial charge in [0.05, 0.1) is 5.69 Å². The second-order valence-electron chi connectivity index (χ2n) is 6.42. The summed E-state index contributed by atoms with van der Waals surface area (Å²) >= 11 is 1.64. The number of thiophene rings is 1. The van der Waals surface area contributed by atoms with Gasteiger partial charge in [-0.2, -0.15) is 26.3 Å². The van der Waals surface area contributed by atoms with Crippen molar-refractivity contribution in [3.63, 3.8) is 0 Å². The Morgan fingerprint density at radius 2 is 1.89 bits per heavy atom. The van der Waals surface area contributed by atoms with Crippen molar-refractivity contribution in [2.45, 2.75) is 13.3 Å². The highest BCUT2D eigenvalue weighted by Gasteiger charge is 2.18. The molecule has 0 amide bonds. The molecule has 0 saturated carbocycles. The van der Waals surface area contributed by atoms with Crippen LogP contribution in [0, 0.1) is 0 Å². The quantitative estimate of drug-likeness (QED) is 0.720. The number of piperazine rings is 1. The molecule has 0 bridgehead atoms. The number of hydrogen-bond acceptors (Lipinski definition) is 9. The maximum absolute atomic E-state index is 4.61. The van der Waals surface area contributed by atoms with Gasteiger partial charge in [0, 0.05) is 49.7 Å². The van der Waals surface area contributed by atoms with Gasteiger partial charge in [0.1, 0.15) is 5.82 Å². The Balaban J connectivity index is 1.58. The summed E-state index contributed by atoms with van der Waals surface area (Å²) in [7, 11) is 2.13. The monoisotopic (exact) mass is 382 g/mol. The van der Waals surface area contributed by atoms with Crippen molar-refractivity contribution in [1.29, 1.82) is 0 Å². The highest BCUT2D eigenvalue weighted by atomic mass is 32.1. The summed E-state index contributed by atoms with van der Waals surface area (Å²) in [6.45, 7) is 5.87. The van der Waals surface area contributed by atoms with Crippen molar-refractivity contribution in [3.8, 4) is 11.3 Å². The van der Waals surface area contributed by atoms with Crippen LogP contribution in [0.2, 0.25) is 0 Å². The fraction of sp³-hybridized carbons (Fsp3) is 0.389. The normalized spacial score (nSPS) is 15.1. The summed E-state index contributed by atoms with van der Waals surface area (Å²) in [6.07, 6.45) is 2.49. The van der Waals surface area contributed by atoms with E-state index >= 15 is 0 Å². The van der Waals surface area contributed by atoms with Gasteiger partial charge < -0.3 is 9.80 Å². The highest BCUT2D eigenvalue weighted by Crippen LogP contribution is 2.21. The fourth-order valence-corrected chi connectivity index (χ4v) is 3.51. The molecule has 0 unspecified atom stereocenters. The zero-order valence-electron chi connectivity index (χ0n) is 15.5. The van der Waals surface area contributed by atoms with Gasteiger partial charge in [-0.15, -0.1) is 0 Å². The van der Waals surface area contributed by atoms with E-state index < -0.39 is 0 Å². The highest BCUT2D eigenvalue weighted by molar-refractivity contribution is 7.08. The molecule has 8 nitrogen and oxygen atoms in total. The van der Waals surface area contributed by atoms with Crippen molar-refractivity contribution in [1.82, 2.24) is 29.8 Å². The molecule has 0 aliphatic carbocycles. The standard InChI is InChI=1S/C18H22N8S/c1-3-15-21-17(24-18(22-15)26-9-7-25(2)8-10-26)23-16-19-6-4-14(20-16)13-5-11-27-12-13/h4-6,11-12H,3,7-10H2,1-2H3,(H,19,20,21,22,23,24). The molecular formula is C18H22N8S. The lowest BCUT2D eigenvalue weighted by atomic mass is 10.2. The van der Waals surface area contributed by atoms with E-state index in [0.717, 1.165) is 49.7 Å². The molecule has 0 radical (unpaired) electrons. The molecule has 0 aromatic carbocycles. The number of aryl methyl sites for hydroxylation is 1. The van der Waals surface area contributed by atoms with Crippen LogP contribution in [-0.4, -0.2) is 63.0 Å². The minimum Gasteiger partial charge on any atom is -0.338 e. The maximum atomic E-state index is 4.61.